The topological polar surface area (TPSA) is 29.3 Å². The zero-order valence-electron chi connectivity index (χ0n) is 10.1. The Bertz CT molecular complexity index is 317. The molecule has 0 spiro atoms. The Balaban J connectivity index is 1.84. The van der Waals surface area contributed by atoms with Gasteiger partial charge in [0.05, 0.1) is 0 Å². The third-order valence-corrected chi connectivity index (χ3v) is 4.58. The molecule has 1 heterocycles. The molecule has 2 N–H and O–H groups in total. The second-order valence-electron chi connectivity index (χ2n) is 4.70. The average molecular weight is 238 g/mol. The van der Waals surface area contributed by atoms with Crippen molar-refractivity contribution in [1.29, 1.82) is 0 Å². The lowest BCUT2D eigenvalue weighted by Crippen LogP contribution is -2.31. The molecule has 0 amide bonds. The van der Waals surface area contributed by atoms with Crippen molar-refractivity contribution < 1.29 is 0 Å². The highest BCUT2D eigenvalue weighted by Crippen LogP contribution is 2.28. The Hall–Kier alpha value is -0.380. The minimum absolute atomic E-state index is 0.680. The minimum atomic E-state index is 0.680. The third-order valence-electron chi connectivity index (χ3n) is 3.49. The van der Waals surface area contributed by atoms with E-state index in [-0.39, 0.29) is 0 Å². The number of hydrogen-bond donors (Lipinski definition) is 1. The van der Waals surface area contributed by atoms with Crippen molar-refractivity contribution in [2.24, 2.45) is 11.7 Å². The van der Waals surface area contributed by atoms with Crippen molar-refractivity contribution in [2.75, 3.05) is 13.1 Å². The van der Waals surface area contributed by atoms with Crippen molar-refractivity contribution in [2.45, 2.75) is 39.3 Å². The molecule has 2 nitrogen and oxygen atoms in total. The second kappa shape index (κ2) is 5.80. The summed E-state index contributed by atoms with van der Waals surface area (Å²) in [6.07, 6.45) is 4.32. The molecule has 0 aromatic carbocycles. The van der Waals surface area contributed by atoms with E-state index in [1.807, 2.05) is 11.3 Å². The van der Waals surface area contributed by atoms with E-state index in [9.17, 15) is 0 Å². The number of nitrogens with two attached hydrogens (primary N) is 1. The standard InChI is InChI=1S/C13H22N2S/c1-2-15(9-11-4-3-5-11)10-13-7-6-12(8-14)16-13/h6-7,11H,2-5,8-10,14H2,1H3. The first kappa shape index (κ1) is 12.1. The van der Waals surface area contributed by atoms with E-state index >= 15 is 0 Å². The van der Waals surface area contributed by atoms with Crippen LogP contribution in [0, 0.1) is 5.92 Å². The summed E-state index contributed by atoms with van der Waals surface area (Å²) in [4.78, 5) is 5.33. The number of nitrogens with zero attached hydrogens (tertiary/aromatic N) is 1. The van der Waals surface area contributed by atoms with Crippen LogP contribution < -0.4 is 5.73 Å². The van der Waals surface area contributed by atoms with Crippen LogP contribution in [0.5, 0.6) is 0 Å². The van der Waals surface area contributed by atoms with Gasteiger partial charge >= 0.3 is 0 Å². The van der Waals surface area contributed by atoms with Gasteiger partial charge in [0.15, 0.2) is 0 Å². The predicted octanol–water partition coefficient (Wildman–Crippen LogP) is 2.83. The first-order valence-electron chi connectivity index (χ1n) is 6.31. The molecular formula is C13H22N2S. The van der Waals surface area contributed by atoms with E-state index in [1.165, 1.54) is 35.6 Å². The summed E-state index contributed by atoms with van der Waals surface area (Å²) < 4.78 is 0. The SMILES string of the molecule is CCN(Cc1ccc(CN)s1)CC1CCC1. The van der Waals surface area contributed by atoms with Crippen LogP contribution in [0.15, 0.2) is 12.1 Å². The molecule has 90 valence electrons. The van der Waals surface area contributed by atoms with Gasteiger partial charge in [-0.05, 0) is 37.4 Å². The molecule has 0 unspecified atom stereocenters. The lowest BCUT2D eigenvalue weighted by atomic mass is 9.85. The van der Waals surface area contributed by atoms with Crippen molar-refractivity contribution in [3.05, 3.63) is 21.9 Å². The zero-order valence-corrected chi connectivity index (χ0v) is 10.9. The molecule has 0 aliphatic heterocycles. The van der Waals surface area contributed by atoms with Crippen molar-refractivity contribution in [3.63, 3.8) is 0 Å². The Kier molecular flexibility index (Phi) is 4.38. The molecular weight excluding hydrogens is 216 g/mol. The van der Waals surface area contributed by atoms with Crippen LogP contribution in [0.2, 0.25) is 0 Å². The fraction of sp³-hybridized carbons (Fsp3) is 0.692. The molecule has 1 aromatic heterocycles. The smallest absolute Gasteiger partial charge is 0.0328 e. The molecule has 16 heavy (non-hydrogen) atoms. The van der Waals surface area contributed by atoms with Gasteiger partial charge in [0, 0.05) is 29.4 Å². The van der Waals surface area contributed by atoms with E-state index < -0.39 is 0 Å². The summed E-state index contributed by atoms with van der Waals surface area (Å²) in [6, 6.07) is 4.40. The summed E-state index contributed by atoms with van der Waals surface area (Å²) in [5, 5.41) is 0. The molecule has 0 atom stereocenters. The second-order valence-corrected chi connectivity index (χ2v) is 5.95. The molecule has 2 rings (SSSR count). The van der Waals surface area contributed by atoms with Crippen molar-refractivity contribution >= 4 is 11.3 Å². The van der Waals surface area contributed by atoms with Crippen LogP contribution in [-0.4, -0.2) is 18.0 Å². The largest absolute Gasteiger partial charge is 0.326 e. The van der Waals surface area contributed by atoms with Gasteiger partial charge in [0.25, 0.3) is 0 Å². The number of hydrogen-bond acceptors (Lipinski definition) is 3. The summed E-state index contributed by atoms with van der Waals surface area (Å²) >= 11 is 1.86. The van der Waals surface area contributed by atoms with Crippen LogP contribution in [0.25, 0.3) is 0 Å². The van der Waals surface area contributed by atoms with Gasteiger partial charge in [-0.15, -0.1) is 11.3 Å². The normalized spacial score (nSPS) is 16.7. The van der Waals surface area contributed by atoms with Crippen LogP contribution in [0.4, 0.5) is 0 Å². The van der Waals surface area contributed by atoms with Crippen LogP contribution >= 0.6 is 11.3 Å². The molecule has 0 bridgehead atoms. The summed E-state index contributed by atoms with van der Waals surface area (Å²) in [5.74, 6) is 0.967. The van der Waals surface area contributed by atoms with E-state index in [0.29, 0.717) is 6.54 Å². The maximum absolute atomic E-state index is 5.63. The highest BCUT2D eigenvalue weighted by Gasteiger charge is 2.20. The fourth-order valence-electron chi connectivity index (χ4n) is 2.18. The molecule has 0 saturated heterocycles. The van der Waals surface area contributed by atoms with Crippen molar-refractivity contribution in [1.82, 2.24) is 4.90 Å². The number of rotatable bonds is 6. The van der Waals surface area contributed by atoms with E-state index in [2.05, 4.69) is 24.0 Å². The first-order valence-corrected chi connectivity index (χ1v) is 7.13. The lowest BCUT2D eigenvalue weighted by Gasteiger charge is -2.31. The van der Waals surface area contributed by atoms with Gasteiger partial charge in [-0.25, -0.2) is 0 Å². The predicted molar refractivity (Wildman–Crippen MR) is 70.5 cm³/mol. The first-order chi connectivity index (χ1) is 7.81. The van der Waals surface area contributed by atoms with Gasteiger partial charge in [-0.3, -0.25) is 4.90 Å². The molecule has 0 radical (unpaired) electrons. The molecule has 1 aromatic rings. The molecule has 1 aliphatic rings. The van der Waals surface area contributed by atoms with Gasteiger partial charge < -0.3 is 5.73 Å². The summed E-state index contributed by atoms with van der Waals surface area (Å²) in [5.41, 5.74) is 5.63. The molecule has 1 saturated carbocycles. The molecule has 1 fully saturated rings. The van der Waals surface area contributed by atoms with E-state index in [4.69, 9.17) is 5.73 Å². The third kappa shape index (κ3) is 3.06. The summed E-state index contributed by atoms with van der Waals surface area (Å²) in [6.45, 7) is 6.49. The van der Waals surface area contributed by atoms with Gasteiger partial charge in [-0.2, -0.15) is 0 Å². The van der Waals surface area contributed by atoms with Crippen LogP contribution in [0.1, 0.15) is 35.9 Å². The highest BCUT2D eigenvalue weighted by molar-refractivity contribution is 7.11. The zero-order chi connectivity index (χ0) is 11.4. The highest BCUT2D eigenvalue weighted by atomic mass is 32.1. The van der Waals surface area contributed by atoms with Crippen LogP contribution in [-0.2, 0) is 13.1 Å². The Morgan fingerprint density at radius 3 is 2.62 bits per heavy atom. The molecule has 1 aliphatic carbocycles. The monoisotopic (exact) mass is 238 g/mol. The molecule has 3 heteroatoms. The van der Waals surface area contributed by atoms with Gasteiger partial charge in [-0.1, -0.05) is 13.3 Å². The lowest BCUT2D eigenvalue weighted by molar-refractivity contribution is 0.179. The minimum Gasteiger partial charge on any atom is -0.326 e. The Morgan fingerprint density at radius 2 is 2.12 bits per heavy atom. The average Bonchev–Trinajstić information content (AvgIpc) is 2.69. The Labute approximate surface area is 102 Å². The fourth-order valence-corrected chi connectivity index (χ4v) is 3.12. The quantitative estimate of drug-likeness (QED) is 0.825. The Morgan fingerprint density at radius 1 is 1.38 bits per heavy atom. The van der Waals surface area contributed by atoms with Gasteiger partial charge in [0.2, 0.25) is 0 Å². The summed E-state index contributed by atoms with van der Waals surface area (Å²) in [7, 11) is 0. The van der Waals surface area contributed by atoms with Crippen molar-refractivity contribution in [3.8, 4) is 0 Å². The van der Waals surface area contributed by atoms with Crippen LogP contribution in [0.3, 0.4) is 0 Å². The number of thiophene rings is 1. The van der Waals surface area contributed by atoms with E-state index in [0.717, 1.165) is 19.0 Å². The maximum Gasteiger partial charge on any atom is 0.0328 e. The van der Waals surface area contributed by atoms with E-state index in [1.54, 1.807) is 0 Å². The van der Waals surface area contributed by atoms with Gasteiger partial charge in [0.1, 0.15) is 0 Å². The maximum atomic E-state index is 5.63.